The summed E-state index contributed by atoms with van der Waals surface area (Å²) >= 11 is 0. The zero-order valence-electron chi connectivity index (χ0n) is 20.4. The SMILES string of the molecule is C[C@@H]1CN(C(=O)[C@@H]2CN(C3CCC3)C[C@H]2c2ccc(F)cc2F)C[C@H](C)[C@]1(O)c1ccccc1.Cl. The van der Waals surface area contributed by atoms with Gasteiger partial charge in [0.25, 0.3) is 0 Å². The molecule has 2 aromatic rings. The van der Waals surface area contributed by atoms with E-state index in [4.69, 9.17) is 0 Å². The molecule has 2 aromatic carbocycles. The smallest absolute Gasteiger partial charge is 0.227 e. The second kappa shape index (κ2) is 10.2. The minimum Gasteiger partial charge on any atom is -0.384 e. The molecule has 7 heteroatoms. The molecule has 1 saturated carbocycles. The van der Waals surface area contributed by atoms with Gasteiger partial charge in [-0.3, -0.25) is 9.69 Å². The Bertz CT molecular complexity index is 1040. The van der Waals surface area contributed by atoms with Crippen LogP contribution in [0.25, 0.3) is 0 Å². The highest BCUT2D eigenvalue weighted by molar-refractivity contribution is 5.85. The third-order valence-electron chi connectivity index (χ3n) is 8.66. The summed E-state index contributed by atoms with van der Waals surface area (Å²) in [5.74, 6) is -2.11. The van der Waals surface area contributed by atoms with Gasteiger partial charge in [-0.05, 0) is 30.0 Å². The maximum Gasteiger partial charge on any atom is 0.227 e. The number of hydrogen-bond donors (Lipinski definition) is 1. The van der Waals surface area contributed by atoms with Gasteiger partial charge in [0.2, 0.25) is 5.91 Å². The van der Waals surface area contributed by atoms with Crippen LogP contribution in [0.3, 0.4) is 0 Å². The fourth-order valence-corrected chi connectivity index (χ4v) is 6.44. The molecule has 1 aliphatic carbocycles. The minimum atomic E-state index is -1.01. The Morgan fingerprint density at radius 2 is 1.63 bits per heavy atom. The monoisotopic (exact) mass is 504 g/mol. The Balaban J connectivity index is 0.00000289. The van der Waals surface area contributed by atoms with Gasteiger partial charge in [-0.15, -0.1) is 12.4 Å². The molecule has 4 nitrogen and oxygen atoms in total. The number of carbonyl (C=O) groups excluding carboxylic acids is 1. The van der Waals surface area contributed by atoms with Crippen LogP contribution in [0.5, 0.6) is 0 Å². The summed E-state index contributed by atoms with van der Waals surface area (Å²) in [5.41, 5.74) is 0.305. The van der Waals surface area contributed by atoms with Crippen LogP contribution in [0.4, 0.5) is 8.78 Å². The summed E-state index contributed by atoms with van der Waals surface area (Å²) in [6.45, 7) is 6.12. The van der Waals surface area contributed by atoms with Crippen LogP contribution in [0, 0.1) is 29.4 Å². The number of rotatable bonds is 4. The normalized spacial score (nSPS) is 31.6. The van der Waals surface area contributed by atoms with Crippen LogP contribution in [0.1, 0.15) is 50.2 Å². The number of nitrogens with zero attached hydrogens (tertiary/aromatic N) is 2. The van der Waals surface area contributed by atoms with E-state index < -0.39 is 17.2 Å². The standard InChI is InChI=1S/C28H34F2N2O2.ClH/c1-18-14-32(15-19(2)28(18,34)20-7-4-3-5-8-20)27(33)25-17-31(22-9-6-10-22)16-24(25)23-12-11-21(29)13-26(23)30;/h3-5,7-8,11-13,18-19,22,24-25,34H,6,9-10,14-17H2,1-2H3;1H/t18-,19+,24-,25+,28+;/m0./s1. The van der Waals surface area contributed by atoms with E-state index in [2.05, 4.69) is 4.90 Å². The number of amides is 1. The van der Waals surface area contributed by atoms with Crippen LogP contribution in [0.15, 0.2) is 48.5 Å². The quantitative estimate of drug-likeness (QED) is 0.640. The van der Waals surface area contributed by atoms with Crippen molar-refractivity contribution in [3.05, 3.63) is 71.3 Å². The van der Waals surface area contributed by atoms with Crippen molar-refractivity contribution < 1.29 is 18.7 Å². The number of carbonyl (C=O) groups is 1. The van der Waals surface area contributed by atoms with E-state index in [0.29, 0.717) is 37.8 Å². The first-order valence-corrected chi connectivity index (χ1v) is 12.5. The van der Waals surface area contributed by atoms with Gasteiger partial charge in [-0.25, -0.2) is 8.78 Å². The van der Waals surface area contributed by atoms with Crippen molar-refractivity contribution >= 4 is 18.3 Å². The van der Waals surface area contributed by atoms with Crippen molar-refractivity contribution in [1.29, 1.82) is 0 Å². The number of likely N-dealkylation sites (tertiary alicyclic amines) is 2. The maximum atomic E-state index is 14.8. The molecule has 2 heterocycles. The molecule has 3 fully saturated rings. The van der Waals surface area contributed by atoms with Gasteiger partial charge in [0.05, 0.1) is 11.5 Å². The molecule has 1 N–H and O–H groups in total. The molecule has 1 amide bonds. The van der Waals surface area contributed by atoms with Gasteiger partial charge < -0.3 is 10.0 Å². The predicted octanol–water partition coefficient (Wildman–Crippen LogP) is 4.96. The fourth-order valence-electron chi connectivity index (χ4n) is 6.44. The third kappa shape index (κ3) is 4.61. The van der Waals surface area contributed by atoms with Gasteiger partial charge in [0.1, 0.15) is 11.6 Å². The Hall–Kier alpha value is -2.02. The Kier molecular flexibility index (Phi) is 7.56. The first kappa shape index (κ1) is 26.1. The second-order valence-corrected chi connectivity index (χ2v) is 10.7. The van der Waals surface area contributed by atoms with E-state index in [1.807, 2.05) is 49.1 Å². The van der Waals surface area contributed by atoms with E-state index in [0.717, 1.165) is 24.5 Å². The Morgan fingerprint density at radius 3 is 2.20 bits per heavy atom. The lowest BCUT2D eigenvalue weighted by atomic mass is 9.70. The van der Waals surface area contributed by atoms with Crippen LogP contribution in [0.2, 0.25) is 0 Å². The van der Waals surface area contributed by atoms with Crippen molar-refractivity contribution in [3.8, 4) is 0 Å². The lowest BCUT2D eigenvalue weighted by molar-refractivity contribution is -0.152. The lowest BCUT2D eigenvalue weighted by Crippen LogP contribution is -2.57. The van der Waals surface area contributed by atoms with E-state index in [9.17, 15) is 18.7 Å². The summed E-state index contributed by atoms with van der Waals surface area (Å²) < 4.78 is 28.4. The van der Waals surface area contributed by atoms with Crippen LogP contribution in [-0.4, -0.2) is 53.0 Å². The van der Waals surface area contributed by atoms with Gasteiger partial charge in [0, 0.05) is 56.0 Å². The van der Waals surface area contributed by atoms with Crippen molar-refractivity contribution in [2.24, 2.45) is 17.8 Å². The number of aliphatic hydroxyl groups is 1. The third-order valence-corrected chi connectivity index (χ3v) is 8.66. The number of benzene rings is 2. The molecule has 0 spiro atoms. The molecule has 0 unspecified atom stereocenters. The highest BCUT2D eigenvalue weighted by atomic mass is 35.5. The summed E-state index contributed by atoms with van der Waals surface area (Å²) in [6, 6.07) is 13.9. The van der Waals surface area contributed by atoms with E-state index in [-0.39, 0.29) is 42.0 Å². The molecule has 5 atom stereocenters. The first-order valence-electron chi connectivity index (χ1n) is 12.5. The van der Waals surface area contributed by atoms with E-state index in [1.165, 1.54) is 18.6 Å². The molecule has 0 aromatic heterocycles. The molecule has 2 saturated heterocycles. The van der Waals surface area contributed by atoms with Crippen LogP contribution >= 0.6 is 12.4 Å². The Morgan fingerprint density at radius 1 is 0.971 bits per heavy atom. The van der Waals surface area contributed by atoms with Crippen LogP contribution < -0.4 is 0 Å². The summed E-state index contributed by atoms with van der Waals surface area (Å²) in [7, 11) is 0. The zero-order chi connectivity index (χ0) is 24.0. The molecular weight excluding hydrogens is 470 g/mol. The van der Waals surface area contributed by atoms with Crippen molar-refractivity contribution in [1.82, 2.24) is 9.80 Å². The molecule has 190 valence electrons. The summed E-state index contributed by atoms with van der Waals surface area (Å²) in [5, 5.41) is 11.7. The first-order chi connectivity index (χ1) is 16.3. The molecule has 3 aliphatic rings. The number of halogens is 3. The molecule has 5 rings (SSSR count). The molecular formula is C28H35ClF2N2O2. The molecule has 0 radical (unpaired) electrons. The van der Waals surface area contributed by atoms with Crippen LogP contribution in [-0.2, 0) is 10.4 Å². The minimum absolute atomic E-state index is 0. The van der Waals surface area contributed by atoms with E-state index >= 15 is 0 Å². The molecule has 0 bridgehead atoms. The van der Waals surface area contributed by atoms with E-state index in [1.54, 1.807) is 0 Å². The average molecular weight is 505 g/mol. The topological polar surface area (TPSA) is 43.8 Å². The largest absolute Gasteiger partial charge is 0.384 e. The van der Waals surface area contributed by atoms with Crippen molar-refractivity contribution in [2.45, 2.75) is 50.7 Å². The Labute approximate surface area is 212 Å². The molecule has 2 aliphatic heterocycles. The highest BCUT2D eigenvalue weighted by Gasteiger charge is 2.50. The van der Waals surface area contributed by atoms with Gasteiger partial charge in [0.15, 0.2) is 0 Å². The zero-order valence-corrected chi connectivity index (χ0v) is 21.2. The van der Waals surface area contributed by atoms with Crippen molar-refractivity contribution in [2.75, 3.05) is 26.2 Å². The predicted molar refractivity (Wildman–Crippen MR) is 134 cm³/mol. The maximum absolute atomic E-state index is 14.8. The van der Waals surface area contributed by atoms with Gasteiger partial charge >= 0.3 is 0 Å². The fraction of sp³-hybridized carbons (Fsp3) is 0.536. The highest BCUT2D eigenvalue weighted by Crippen LogP contribution is 2.44. The number of piperidine rings is 1. The summed E-state index contributed by atoms with van der Waals surface area (Å²) in [6.07, 6.45) is 3.41. The second-order valence-electron chi connectivity index (χ2n) is 10.7. The van der Waals surface area contributed by atoms with Gasteiger partial charge in [-0.1, -0.05) is 56.7 Å². The van der Waals surface area contributed by atoms with Gasteiger partial charge in [-0.2, -0.15) is 0 Å². The lowest BCUT2D eigenvalue weighted by Gasteiger charge is -2.48. The van der Waals surface area contributed by atoms with Crippen molar-refractivity contribution in [3.63, 3.8) is 0 Å². The number of hydrogen-bond acceptors (Lipinski definition) is 3. The average Bonchev–Trinajstić information content (AvgIpc) is 3.20. The summed E-state index contributed by atoms with van der Waals surface area (Å²) in [4.78, 5) is 18.1. The molecule has 35 heavy (non-hydrogen) atoms.